The van der Waals surface area contributed by atoms with Gasteiger partial charge in [0.15, 0.2) is 0 Å². The third kappa shape index (κ3) is 7.48. The van der Waals surface area contributed by atoms with Gasteiger partial charge in [-0.25, -0.2) is 4.98 Å². The molecular formula is C23H32N4O4. The SMILES string of the molecule is Cc1nc(N2CCOCC2)[nH]c(=O)c1CCC(=O)NCCCOCCc1ccccc1. The number of carbonyl (C=O) groups excluding carboxylic acids is 1. The van der Waals surface area contributed by atoms with Gasteiger partial charge in [-0.1, -0.05) is 30.3 Å². The molecule has 0 unspecified atom stereocenters. The summed E-state index contributed by atoms with van der Waals surface area (Å²) in [5.74, 6) is 0.506. The van der Waals surface area contributed by atoms with Crippen molar-refractivity contribution in [2.75, 3.05) is 51.0 Å². The second-order valence-electron chi connectivity index (χ2n) is 7.60. The lowest BCUT2D eigenvalue weighted by Gasteiger charge is -2.27. The molecule has 0 atom stereocenters. The molecule has 1 aliphatic rings. The van der Waals surface area contributed by atoms with Crippen molar-refractivity contribution in [1.29, 1.82) is 0 Å². The number of hydrogen-bond donors (Lipinski definition) is 2. The molecule has 1 aliphatic heterocycles. The van der Waals surface area contributed by atoms with Gasteiger partial charge < -0.3 is 19.7 Å². The van der Waals surface area contributed by atoms with Crippen LogP contribution in [-0.2, 0) is 27.1 Å². The molecule has 31 heavy (non-hydrogen) atoms. The van der Waals surface area contributed by atoms with Crippen molar-refractivity contribution < 1.29 is 14.3 Å². The van der Waals surface area contributed by atoms with E-state index in [1.165, 1.54) is 5.56 Å². The lowest BCUT2D eigenvalue weighted by Crippen LogP contribution is -2.38. The third-order valence-electron chi connectivity index (χ3n) is 5.29. The van der Waals surface area contributed by atoms with Crippen LogP contribution in [0.1, 0.15) is 29.7 Å². The highest BCUT2D eigenvalue weighted by molar-refractivity contribution is 5.76. The molecule has 168 valence electrons. The average Bonchev–Trinajstić information content (AvgIpc) is 2.79. The fourth-order valence-electron chi connectivity index (χ4n) is 3.48. The van der Waals surface area contributed by atoms with Crippen LogP contribution >= 0.6 is 0 Å². The molecule has 8 nitrogen and oxygen atoms in total. The van der Waals surface area contributed by atoms with E-state index in [0.29, 0.717) is 69.7 Å². The summed E-state index contributed by atoms with van der Waals surface area (Å²) in [7, 11) is 0. The lowest BCUT2D eigenvalue weighted by atomic mass is 10.1. The van der Waals surface area contributed by atoms with Crippen LogP contribution in [0.15, 0.2) is 35.1 Å². The zero-order valence-electron chi connectivity index (χ0n) is 18.2. The van der Waals surface area contributed by atoms with Gasteiger partial charge >= 0.3 is 0 Å². The fourth-order valence-corrected chi connectivity index (χ4v) is 3.48. The van der Waals surface area contributed by atoms with Gasteiger partial charge in [0.1, 0.15) is 0 Å². The molecule has 2 N–H and O–H groups in total. The summed E-state index contributed by atoms with van der Waals surface area (Å²) in [5.41, 5.74) is 2.32. The maximum absolute atomic E-state index is 12.5. The van der Waals surface area contributed by atoms with Gasteiger partial charge in [0.2, 0.25) is 11.9 Å². The highest BCUT2D eigenvalue weighted by Gasteiger charge is 2.16. The largest absolute Gasteiger partial charge is 0.381 e. The first kappa shape index (κ1) is 23.0. The van der Waals surface area contributed by atoms with E-state index < -0.39 is 0 Å². The first-order chi connectivity index (χ1) is 15.1. The number of nitrogens with zero attached hydrogens (tertiary/aromatic N) is 2. The average molecular weight is 429 g/mol. The molecular weight excluding hydrogens is 396 g/mol. The minimum absolute atomic E-state index is 0.0691. The zero-order chi connectivity index (χ0) is 21.9. The molecule has 2 heterocycles. The van der Waals surface area contributed by atoms with E-state index in [1.54, 1.807) is 0 Å². The summed E-state index contributed by atoms with van der Waals surface area (Å²) in [5, 5.41) is 2.89. The number of hydrogen-bond acceptors (Lipinski definition) is 6. The van der Waals surface area contributed by atoms with Crippen LogP contribution in [0, 0.1) is 6.92 Å². The summed E-state index contributed by atoms with van der Waals surface area (Å²) in [6, 6.07) is 10.2. The normalized spacial score (nSPS) is 13.9. The Morgan fingerprint density at radius 3 is 2.71 bits per heavy atom. The summed E-state index contributed by atoms with van der Waals surface area (Å²) < 4.78 is 11.0. The maximum atomic E-state index is 12.5. The minimum atomic E-state index is -0.173. The zero-order valence-corrected chi connectivity index (χ0v) is 18.2. The highest BCUT2D eigenvalue weighted by atomic mass is 16.5. The number of nitrogens with one attached hydrogen (secondary N) is 2. The number of aromatic amines is 1. The molecule has 0 spiro atoms. The summed E-state index contributed by atoms with van der Waals surface area (Å²) in [6.45, 7) is 6.34. The molecule has 1 fully saturated rings. The van der Waals surface area contributed by atoms with Gasteiger partial charge in [-0.3, -0.25) is 14.6 Å². The molecule has 0 aliphatic carbocycles. The first-order valence-electron chi connectivity index (χ1n) is 10.9. The van der Waals surface area contributed by atoms with Crippen LogP contribution in [0.4, 0.5) is 5.95 Å². The van der Waals surface area contributed by atoms with Crippen molar-refractivity contribution >= 4 is 11.9 Å². The van der Waals surface area contributed by atoms with E-state index in [0.717, 1.165) is 12.8 Å². The Morgan fingerprint density at radius 2 is 1.97 bits per heavy atom. The van der Waals surface area contributed by atoms with E-state index in [4.69, 9.17) is 9.47 Å². The Hall–Kier alpha value is -2.71. The van der Waals surface area contributed by atoms with Crippen LogP contribution in [0.25, 0.3) is 0 Å². The van der Waals surface area contributed by atoms with Crippen LogP contribution in [-0.4, -0.2) is 61.9 Å². The monoisotopic (exact) mass is 428 g/mol. The first-order valence-corrected chi connectivity index (χ1v) is 10.9. The molecule has 0 bridgehead atoms. The second kappa shape index (κ2) is 12.2. The van der Waals surface area contributed by atoms with Gasteiger partial charge in [0.05, 0.1) is 19.8 Å². The number of morpholine rings is 1. The number of aryl methyl sites for hydroxylation is 1. The summed E-state index contributed by atoms with van der Waals surface area (Å²) >= 11 is 0. The van der Waals surface area contributed by atoms with Gasteiger partial charge in [0.25, 0.3) is 5.56 Å². The van der Waals surface area contributed by atoms with Crippen molar-refractivity contribution in [2.24, 2.45) is 0 Å². The molecule has 2 aromatic rings. The van der Waals surface area contributed by atoms with Crippen molar-refractivity contribution in [3.8, 4) is 0 Å². The van der Waals surface area contributed by atoms with Crippen LogP contribution in [0.3, 0.4) is 0 Å². The molecule has 1 aromatic carbocycles. The molecule has 1 aromatic heterocycles. The second-order valence-corrected chi connectivity index (χ2v) is 7.60. The van der Waals surface area contributed by atoms with Crippen molar-refractivity contribution in [2.45, 2.75) is 32.6 Å². The topological polar surface area (TPSA) is 96.6 Å². The van der Waals surface area contributed by atoms with E-state index in [9.17, 15) is 9.59 Å². The molecule has 1 amide bonds. The van der Waals surface area contributed by atoms with Gasteiger partial charge in [-0.2, -0.15) is 0 Å². The molecule has 8 heteroatoms. The Balaban J connectivity index is 1.32. The van der Waals surface area contributed by atoms with Gasteiger partial charge in [-0.05, 0) is 31.7 Å². The number of rotatable bonds is 11. The molecule has 3 rings (SSSR count). The number of benzene rings is 1. The minimum Gasteiger partial charge on any atom is -0.381 e. The molecule has 0 radical (unpaired) electrons. The fraction of sp³-hybridized carbons (Fsp3) is 0.522. The highest BCUT2D eigenvalue weighted by Crippen LogP contribution is 2.11. The number of carbonyl (C=O) groups is 1. The van der Waals surface area contributed by atoms with Crippen LogP contribution in [0.2, 0.25) is 0 Å². The van der Waals surface area contributed by atoms with Gasteiger partial charge in [0, 0.05) is 43.9 Å². The summed E-state index contributed by atoms with van der Waals surface area (Å²) in [4.78, 5) is 34.0. The maximum Gasteiger partial charge on any atom is 0.255 e. The number of H-pyrrole nitrogens is 1. The Bertz CT molecular complexity index is 879. The van der Waals surface area contributed by atoms with Crippen molar-refractivity contribution in [3.05, 3.63) is 57.5 Å². The summed E-state index contributed by atoms with van der Waals surface area (Å²) in [6.07, 6.45) is 2.28. The van der Waals surface area contributed by atoms with E-state index in [-0.39, 0.29) is 17.9 Å². The Labute approximate surface area is 183 Å². The number of ether oxygens (including phenoxy) is 2. The van der Waals surface area contributed by atoms with E-state index in [1.807, 2.05) is 30.0 Å². The number of aromatic nitrogens is 2. The standard InChI is InChI=1S/C23H32N4O4/c1-18-20(22(29)26-23(25-18)27-12-16-31-17-13-27)8-9-21(28)24-11-5-14-30-15-10-19-6-3-2-4-7-19/h2-4,6-7H,5,8-17H2,1H3,(H,24,28)(H,25,26,29). The number of anilines is 1. The van der Waals surface area contributed by atoms with Crippen molar-refractivity contribution in [1.82, 2.24) is 15.3 Å². The van der Waals surface area contributed by atoms with Gasteiger partial charge in [-0.15, -0.1) is 0 Å². The predicted octanol–water partition coefficient (Wildman–Crippen LogP) is 1.61. The quantitative estimate of drug-likeness (QED) is 0.528. The molecule has 0 saturated carbocycles. The number of amides is 1. The van der Waals surface area contributed by atoms with E-state index >= 15 is 0 Å². The third-order valence-corrected chi connectivity index (χ3v) is 5.29. The Kier molecular flexibility index (Phi) is 9.05. The lowest BCUT2D eigenvalue weighted by molar-refractivity contribution is -0.121. The molecule has 1 saturated heterocycles. The van der Waals surface area contributed by atoms with Crippen LogP contribution < -0.4 is 15.8 Å². The van der Waals surface area contributed by atoms with E-state index in [2.05, 4.69) is 27.4 Å². The predicted molar refractivity (Wildman–Crippen MR) is 120 cm³/mol. The van der Waals surface area contributed by atoms with Crippen LogP contribution in [0.5, 0.6) is 0 Å². The Morgan fingerprint density at radius 1 is 1.19 bits per heavy atom. The van der Waals surface area contributed by atoms with Crippen molar-refractivity contribution in [3.63, 3.8) is 0 Å². The smallest absolute Gasteiger partial charge is 0.255 e.